The van der Waals surface area contributed by atoms with E-state index in [0.29, 0.717) is 24.0 Å². The van der Waals surface area contributed by atoms with Crippen LogP contribution in [0.1, 0.15) is 42.1 Å². The molecule has 0 aromatic heterocycles. The Labute approximate surface area is 149 Å². The number of benzene rings is 1. The van der Waals surface area contributed by atoms with Gasteiger partial charge in [0.15, 0.2) is 0 Å². The Morgan fingerprint density at radius 3 is 2.65 bits per heavy atom. The van der Waals surface area contributed by atoms with Gasteiger partial charge in [-0.1, -0.05) is 24.3 Å². The molecule has 3 heterocycles. The second-order valence-electron chi connectivity index (χ2n) is 6.91. The summed E-state index contributed by atoms with van der Waals surface area (Å²) < 4.78 is 0. The van der Waals surface area contributed by atoms with E-state index in [4.69, 9.17) is 0 Å². The van der Waals surface area contributed by atoms with E-state index in [-0.39, 0.29) is 17.7 Å². The van der Waals surface area contributed by atoms with Crippen LogP contribution >= 0.6 is 24.2 Å². The molecule has 2 saturated heterocycles. The Kier molecular flexibility index (Phi) is 5.24. The molecule has 2 bridgehead atoms. The maximum Gasteiger partial charge on any atom is 0.240 e. The summed E-state index contributed by atoms with van der Waals surface area (Å²) >= 11 is 1.82. The summed E-state index contributed by atoms with van der Waals surface area (Å²) in [4.78, 5) is 15.1. The Bertz CT molecular complexity index is 570. The minimum Gasteiger partial charge on any atom is -0.341 e. The molecule has 126 valence electrons. The Morgan fingerprint density at radius 1 is 1.22 bits per heavy atom. The molecule has 1 amide bonds. The number of halogens is 1. The number of amides is 1. The maximum absolute atomic E-state index is 13.1. The van der Waals surface area contributed by atoms with Crippen molar-refractivity contribution >= 4 is 30.1 Å². The zero-order chi connectivity index (χ0) is 15.1. The van der Waals surface area contributed by atoms with Gasteiger partial charge in [0.25, 0.3) is 0 Å². The third-order valence-corrected chi connectivity index (χ3v) is 6.79. The first-order valence-corrected chi connectivity index (χ1v) is 9.49. The molecule has 0 radical (unpaired) electrons. The van der Waals surface area contributed by atoms with Gasteiger partial charge in [-0.15, -0.1) is 24.2 Å². The molecule has 1 aromatic carbocycles. The number of likely N-dealkylation sites (N-methyl/N-ethyl adjacent to an activating group) is 1. The van der Waals surface area contributed by atoms with E-state index in [1.165, 1.54) is 24.0 Å². The highest BCUT2D eigenvalue weighted by Crippen LogP contribution is 2.39. The first-order valence-electron chi connectivity index (χ1n) is 8.44. The fourth-order valence-corrected chi connectivity index (χ4v) is 5.60. The van der Waals surface area contributed by atoms with Gasteiger partial charge in [0.2, 0.25) is 5.91 Å². The van der Waals surface area contributed by atoms with Gasteiger partial charge < -0.3 is 10.2 Å². The Morgan fingerprint density at radius 2 is 1.91 bits per heavy atom. The number of nitrogens with zero attached hydrogens (tertiary/aromatic N) is 1. The standard InChI is InChI=1S/C18H24N2OS.ClH/c1-20(15-10-13-6-7-14(11-15)19-13)18(21)17-16-5-3-2-4-12(16)8-9-22-17;/h2-5,13-15,17,19H,6-11H2,1H3;1H. The third-order valence-electron chi connectivity index (χ3n) is 5.56. The zero-order valence-corrected chi connectivity index (χ0v) is 15.2. The first-order chi connectivity index (χ1) is 10.7. The summed E-state index contributed by atoms with van der Waals surface area (Å²) in [5, 5.41) is 3.67. The number of nitrogens with one attached hydrogen (secondary N) is 1. The smallest absolute Gasteiger partial charge is 0.240 e. The molecule has 3 nitrogen and oxygen atoms in total. The van der Waals surface area contributed by atoms with Gasteiger partial charge in [0.1, 0.15) is 5.25 Å². The molecule has 2 fully saturated rings. The molecule has 3 aliphatic heterocycles. The molecule has 1 aromatic rings. The summed E-state index contributed by atoms with van der Waals surface area (Å²) in [6.07, 6.45) is 5.90. The average Bonchev–Trinajstić information content (AvgIpc) is 2.91. The van der Waals surface area contributed by atoms with E-state index in [9.17, 15) is 4.79 Å². The van der Waals surface area contributed by atoms with Crippen LogP contribution in [0.2, 0.25) is 0 Å². The molecule has 23 heavy (non-hydrogen) atoms. The summed E-state index contributed by atoms with van der Waals surface area (Å²) in [5.74, 6) is 1.36. The van der Waals surface area contributed by atoms with Crippen molar-refractivity contribution in [1.29, 1.82) is 0 Å². The van der Waals surface area contributed by atoms with Crippen LogP contribution in [-0.4, -0.2) is 41.7 Å². The summed E-state index contributed by atoms with van der Waals surface area (Å²) in [5.41, 5.74) is 2.60. The lowest BCUT2D eigenvalue weighted by Crippen LogP contribution is -2.49. The number of aryl methyl sites for hydroxylation is 1. The maximum atomic E-state index is 13.1. The van der Waals surface area contributed by atoms with Gasteiger partial charge in [-0.25, -0.2) is 0 Å². The number of fused-ring (bicyclic) bond motifs is 3. The van der Waals surface area contributed by atoms with Gasteiger partial charge in [-0.3, -0.25) is 4.79 Å². The number of carbonyl (C=O) groups excluding carboxylic acids is 1. The van der Waals surface area contributed by atoms with Crippen LogP contribution in [0.25, 0.3) is 0 Å². The van der Waals surface area contributed by atoms with Crippen molar-refractivity contribution in [2.45, 2.75) is 55.5 Å². The Balaban J connectivity index is 0.00000156. The van der Waals surface area contributed by atoms with Gasteiger partial charge >= 0.3 is 0 Å². The lowest BCUT2D eigenvalue weighted by Gasteiger charge is -2.38. The normalized spacial score (nSPS) is 31.9. The van der Waals surface area contributed by atoms with Crippen molar-refractivity contribution in [3.63, 3.8) is 0 Å². The molecule has 1 N–H and O–H groups in total. The predicted molar refractivity (Wildman–Crippen MR) is 98.3 cm³/mol. The van der Waals surface area contributed by atoms with Crippen molar-refractivity contribution in [3.8, 4) is 0 Å². The number of piperidine rings is 1. The SMILES string of the molecule is CN(C(=O)C1SCCc2ccccc21)C1CC2CCC(C1)N2.Cl. The highest BCUT2D eigenvalue weighted by atomic mass is 35.5. The summed E-state index contributed by atoms with van der Waals surface area (Å²) in [7, 11) is 2.02. The van der Waals surface area contributed by atoms with Crippen molar-refractivity contribution in [3.05, 3.63) is 35.4 Å². The van der Waals surface area contributed by atoms with Crippen LogP contribution in [0.15, 0.2) is 24.3 Å². The van der Waals surface area contributed by atoms with Crippen molar-refractivity contribution in [2.75, 3.05) is 12.8 Å². The minimum atomic E-state index is 0. The number of rotatable bonds is 2. The van der Waals surface area contributed by atoms with Crippen LogP contribution in [0.5, 0.6) is 0 Å². The molecule has 3 unspecified atom stereocenters. The van der Waals surface area contributed by atoms with E-state index < -0.39 is 0 Å². The monoisotopic (exact) mass is 352 g/mol. The van der Waals surface area contributed by atoms with Crippen LogP contribution in [0.3, 0.4) is 0 Å². The zero-order valence-electron chi connectivity index (χ0n) is 13.5. The second-order valence-corrected chi connectivity index (χ2v) is 8.12. The van der Waals surface area contributed by atoms with E-state index in [0.717, 1.165) is 25.0 Å². The summed E-state index contributed by atoms with van der Waals surface area (Å²) in [6.45, 7) is 0. The number of hydrogen-bond acceptors (Lipinski definition) is 3. The molecule has 0 spiro atoms. The number of carbonyl (C=O) groups is 1. The molecule has 3 atom stereocenters. The quantitative estimate of drug-likeness (QED) is 0.887. The minimum absolute atomic E-state index is 0. The highest BCUT2D eigenvalue weighted by Gasteiger charge is 2.38. The van der Waals surface area contributed by atoms with Crippen molar-refractivity contribution in [1.82, 2.24) is 10.2 Å². The van der Waals surface area contributed by atoms with Gasteiger partial charge in [0.05, 0.1) is 0 Å². The van der Waals surface area contributed by atoms with E-state index >= 15 is 0 Å². The van der Waals surface area contributed by atoms with E-state index in [2.05, 4.69) is 34.5 Å². The predicted octanol–water partition coefficient (Wildman–Crippen LogP) is 3.18. The lowest BCUT2D eigenvalue weighted by atomic mass is 9.96. The van der Waals surface area contributed by atoms with Crippen molar-refractivity contribution in [2.24, 2.45) is 0 Å². The van der Waals surface area contributed by atoms with Gasteiger partial charge in [0, 0.05) is 25.2 Å². The van der Waals surface area contributed by atoms with Gasteiger partial charge in [-0.05, 0) is 49.0 Å². The van der Waals surface area contributed by atoms with Crippen LogP contribution in [0.4, 0.5) is 0 Å². The second kappa shape index (κ2) is 7.04. The topological polar surface area (TPSA) is 32.3 Å². The molecular weight excluding hydrogens is 328 g/mol. The average molecular weight is 353 g/mol. The number of thioether (sulfide) groups is 1. The largest absolute Gasteiger partial charge is 0.341 e. The Hall–Kier alpha value is -0.710. The molecule has 4 rings (SSSR count). The molecule has 5 heteroatoms. The van der Waals surface area contributed by atoms with Crippen molar-refractivity contribution < 1.29 is 4.79 Å². The lowest BCUT2D eigenvalue weighted by molar-refractivity contribution is -0.132. The van der Waals surface area contributed by atoms with Crippen LogP contribution in [-0.2, 0) is 11.2 Å². The van der Waals surface area contributed by atoms with Crippen LogP contribution in [0, 0.1) is 0 Å². The molecule has 0 saturated carbocycles. The molecule has 3 aliphatic rings. The van der Waals surface area contributed by atoms with E-state index in [1.54, 1.807) is 0 Å². The fourth-order valence-electron chi connectivity index (χ4n) is 4.31. The van der Waals surface area contributed by atoms with Crippen LogP contribution < -0.4 is 5.32 Å². The first kappa shape index (κ1) is 17.1. The highest BCUT2D eigenvalue weighted by molar-refractivity contribution is 8.00. The molecule has 0 aliphatic carbocycles. The molecular formula is C18H25ClN2OS. The third kappa shape index (κ3) is 3.26. The van der Waals surface area contributed by atoms with E-state index in [1.807, 2.05) is 18.8 Å². The summed E-state index contributed by atoms with van der Waals surface area (Å²) in [6, 6.07) is 10.2. The number of hydrogen-bond donors (Lipinski definition) is 1. The fraction of sp³-hybridized carbons (Fsp3) is 0.611. The van der Waals surface area contributed by atoms with Gasteiger partial charge in [-0.2, -0.15) is 0 Å².